The number of carbonyl (C=O) groups is 1. The van der Waals surface area contributed by atoms with Crippen LogP contribution in [0.1, 0.15) is 42.5 Å². The number of nitrogens with one attached hydrogen (secondary N) is 1. The van der Waals surface area contributed by atoms with E-state index in [9.17, 15) is 9.59 Å². The van der Waals surface area contributed by atoms with E-state index in [4.69, 9.17) is 0 Å². The molecule has 0 spiro atoms. The number of nitrogens with zero attached hydrogens (tertiary/aromatic N) is 1. The molecule has 0 atom stereocenters. The second-order valence-corrected chi connectivity index (χ2v) is 4.47. The Labute approximate surface area is 101 Å². The molecule has 2 rings (SSSR count). The Bertz CT molecular complexity index is 431. The predicted molar refractivity (Wildman–Crippen MR) is 66.1 cm³/mol. The molecule has 0 radical (unpaired) electrons. The number of H-pyrrole nitrogens is 1. The largest absolute Gasteiger partial charge is 0.338 e. The molecule has 0 aromatic carbocycles. The molecule has 1 amide bonds. The average molecular weight is 234 g/mol. The van der Waals surface area contributed by atoms with Crippen LogP contribution in [0.5, 0.6) is 0 Å². The summed E-state index contributed by atoms with van der Waals surface area (Å²) in [5.74, 6) is -0.131. The van der Waals surface area contributed by atoms with Crippen LogP contribution in [0.4, 0.5) is 0 Å². The van der Waals surface area contributed by atoms with Gasteiger partial charge in [-0.05, 0) is 25.0 Å². The van der Waals surface area contributed by atoms with Crippen LogP contribution in [0.25, 0.3) is 0 Å². The molecule has 1 saturated heterocycles. The van der Waals surface area contributed by atoms with Gasteiger partial charge in [-0.3, -0.25) is 9.59 Å². The summed E-state index contributed by atoms with van der Waals surface area (Å²) in [6.07, 6.45) is 7.23. The van der Waals surface area contributed by atoms with Crippen LogP contribution in [0, 0.1) is 0 Å². The minimum absolute atomic E-state index is 0.131. The van der Waals surface area contributed by atoms with Crippen molar-refractivity contribution in [3.05, 3.63) is 34.2 Å². The van der Waals surface area contributed by atoms with Crippen LogP contribution in [0.15, 0.2) is 23.1 Å². The van der Waals surface area contributed by atoms with Gasteiger partial charge in [0.2, 0.25) is 0 Å². The smallest absolute Gasteiger partial charge is 0.260 e. The van der Waals surface area contributed by atoms with Gasteiger partial charge in [-0.2, -0.15) is 0 Å². The van der Waals surface area contributed by atoms with Crippen LogP contribution < -0.4 is 5.56 Å². The van der Waals surface area contributed by atoms with E-state index in [2.05, 4.69) is 4.98 Å². The van der Waals surface area contributed by atoms with Gasteiger partial charge in [-0.15, -0.1) is 0 Å². The lowest BCUT2D eigenvalue weighted by Crippen LogP contribution is -2.36. The number of hydrogen-bond donors (Lipinski definition) is 1. The highest BCUT2D eigenvalue weighted by Gasteiger charge is 2.18. The van der Waals surface area contributed by atoms with Gasteiger partial charge >= 0.3 is 0 Å². The fraction of sp³-hybridized carbons (Fsp3) is 0.538. The van der Waals surface area contributed by atoms with Crippen molar-refractivity contribution in [3.63, 3.8) is 0 Å². The Kier molecular flexibility index (Phi) is 3.96. The molecule has 1 fully saturated rings. The van der Waals surface area contributed by atoms with Gasteiger partial charge in [0.1, 0.15) is 5.56 Å². The third-order valence-electron chi connectivity index (χ3n) is 3.19. The van der Waals surface area contributed by atoms with E-state index in [1.807, 2.05) is 4.90 Å². The fourth-order valence-electron chi connectivity index (χ4n) is 2.21. The second-order valence-electron chi connectivity index (χ2n) is 4.47. The molecule has 0 bridgehead atoms. The van der Waals surface area contributed by atoms with Crippen molar-refractivity contribution in [3.8, 4) is 0 Å². The molecule has 1 aromatic rings. The lowest BCUT2D eigenvalue weighted by atomic mass is 10.1. The number of carbonyl (C=O) groups excluding carboxylic acids is 1. The Hall–Kier alpha value is -1.58. The van der Waals surface area contributed by atoms with Gasteiger partial charge in [0.05, 0.1) is 0 Å². The number of aromatic amines is 1. The van der Waals surface area contributed by atoms with Crippen LogP contribution in [0.2, 0.25) is 0 Å². The standard InChI is InChI=1S/C13H18N2O2/c16-12-11(7-6-8-14-12)13(17)15-9-4-2-1-3-5-10-15/h6-8H,1-5,9-10H2,(H,14,16). The van der Waals surface area contributed by atoms with Gasteiger partial charge in [-0.1, -0.05) is 19.3 Å². The molecule has 92 valence electrons. The topological polar surface area (TPSA) is 53.2 Å². The number of rotatable bonds is 1. The van der Waals surface area contributed by atoms with Gasteiger partial charge in [-0.25, -0.2) is 0 Å². The molecular formula is C13H18N2O2. The first-order chi connectivity index (χ1) is 8.29. The van der Waals surface area contributed by atoms with E-state index < -0.39 is 0 Å². The quantitative estimate of drug-likeness (QED) is 0.805. The lowest BCUT2D eigenvalue weighted by Gasteiger charge is -2.24. The van der Waals surface area contributed by atoms with Crippen molar-refractivity contribution in [1.29, 1.82) is 0 Å². The number of hydrogen-bond acceptors (Lipinski definition) is 2. The Balaban J connectivity index is 2.13. The number of pyridine rings is 1. The van der Waals surface area contributed by atoms with Crippen LogP contribution in [0.3, 0.4) is 0 Å². The predicted octanol–water partition coefficient (Wildman–Crippen LogP) is 1.78. The molecule has 1 aliphatic rings. The van der Waals surface area contributed by atoms with Gasteiger partial charge in [0.15, 0.2) is 0 Å². The Morgan fingerprint density at radius 3 is 2.41 bits per heavy atom. The molecule has 0 unspecified atom stereocenters. The van der Waals surface area contributed by atoms with Crippen molar-refractivity contribution in [1.82, 2.24) is 9.88 Å². The van der Waals surface area contributed by atoms with Crippen molar-refractivity contribution in [2.45, 2.75) is 32.1 Å². The molecule has 1 aliphatic heterocycles. The summed E-state index contributed by atoms with van der Waals surface area (Å²) >= 11 is 0. The van der Waals surface area contributed by atoms with Crippen LogP contribution in [-0.2, 0) is 0 Å². The van der Waals surface area contributed by atoms with E-state index in [0.717, 1.165) is 25.9 Å². The fourth-order valence-corrected chi connectivity index (χ4v) is 2.21. The molecule has 0 saturated carbocycles. The summed E-state index contributed by atoms with van der Waals surface area (Å²) < 4.78 is 0. The molecule has 4 nitrogen and oxygen atoms in total. The zero-order chi connectivity index (χ0) is 12.1. The molecule has 0 aliphatic carbocycles. The van der Waals surface area contributed by atoms with Crippen molar-refractivity contribution in [2.24, 2.45) is 0 Å². The van der Waals surface area contributed by atoms with Crippen molar-refractivity contribution < 1.29 is 4.79 Å². The van der Waals surface area contributed by atoms with E-state index >= 15 is 0 Å². The summed E-state index contributed by atoms with van der Waals surface area (Å²) in [6.45, 7) is 1.54. The maximum absolute atomic E-state index is 12.2. The molecule has 4 heteroatoms. The Morgan fingerprint density at radius 2 is 1.76 bits per heavy atom. The highest BCUT2D eigenvalue weighted by atomic mass is 16.2. The normalized spacial score (nSPS) is 17.3. The summed E-state index contributed by atoms with van der Waals surface area (Å²) in [6, 6.07) is 3.29. The maximum Gasteiger partial charge on any atom is 0.260 e. The Morgan fingerprint density at radius 1 is 1.12 bits per heavy atom. The highest BCUT2D eigenvalue weighted by molar-refractivity contribution is 5.93. The molecular weight excluding hydrogens is 216 g/mol. The summed E-state index contributed by atoms with van der Waals surface area (Å²) in [4.78, 5) is 28.1. The van der Waals surface area contributed by atoms with Gasteiger partial charge in [0, 0.05) is 19.3 Å². The van der Waals surface area contributed by atoms with Gasteiger partial charge < -0.3 is 9.88 Å². The molecule has 17 heavy (non-hydrogen) atoms. The second kappa shape index (κ2) is 5.66. The summed E-state index contributed by atoms with van der Waals surface area (Å²) in [5, 5.41) is 0. The average Bonchev–Trinajstić information content (AvgIpc) is 2.28. The van der Waals surface area contributed by atoms with E-state index in [0.29, 0.717) is 0 Å². The van der Waals surface area contributed by atoms with Crippen LogP contribution in [-0.4, -0.2) is 28.9 Å². The maximum atomic E-state index is 12.2. The first-order valence-corrected chi connectivity index (χ1v) is 6.26. The van der Waals surface area contributed by atoms with Crippen molar-refractivity contribution in [2.75, 3.05) is 13.1 Å². The van der Waals surface area contributed by atoms with Crippen molar-refractivity contribution >= 4 is 5.91 Å². The zero-order valence-electron chi connectivity index (χ0n) is 9.95. The summed E-state index contributed by atoms with van der Waals surface area (Å²) in [7, 11) is 0. The lowest BCUT2D eigenvalue weighted by molar-refractivity contribution is 0.0740. The molecule has 1 N–H and O–H groups in total. The number of likely N-dealkylation sites (tertiary alicyclic amines) is 1. The minimum Gasteiger partial charge on any atom is -0.338 e. The SMILES string of the molecule is O=C(c1ccc[nH]c1=O)N1CCCCCCC1. The molecule has 1 aromatic heterocycles. The third kappa shape index (κ3) is 2.96. The first kappa shape index (κ1) is 11.9. The van der Waals surface area contributed by atoms with Crippen LogP contribution >= 0.6 is 0 Å². The minimum atomic E-state index is -0.292. The third-order valence-corrected chi connectivity index (χ3v) is 3.19. The first-order valence-electron chi connectivity index (χ1n) is 6.26. The molecule has 2 heterocycles. The number of aromatic nitrogens is 1. The van der Waals surface area contributed by atoms with E-state index in [1.54, 1.807) is 18.3 Å². The van der Waals surface area contributed by atoms with Gasteiger partial charge in [0.25, 0.3) is 11.5 Å². The monoisotopic (exact) mass is 234 g/mol. The highest BCUT2D eigenvalue weighted by Crippen LogP contribution is 2.12. The van der Waals surface area contributed by atoms with E-state index in [-0.39, 0.29) is 17.0 Å². The summed E-state index contributed by atoms with van der Waals surface area (Å²) in [5.41, 5.74) is -0.0346. The zero-order valence-corrected chi connectivity index (χ0v) is 9.95. The van der Waals surface area contributed by atoms with E-state index in [1.165, 1.54) is 19.3 Å². The number of amides is 1.